The molecule has 1 heterocycles. The third-order valence-electron chi connectivity index (χ3n) is 5.51. The van der Waals surface area contributed by atoms with Crippen LogP contribution >= 0.6 is 0 Å². The Morgan fingerprint density at radius 1 is 1.03 bits per heavy atom. The van der Waals surface area contributed by atoms with E-state index in [-0.39, 0.29) is 22.7 Å². The van der Waals surface area contributed by atoms with E-state index < -0.39 is 9.84 Å². The predicted molar refractivity (Wildman–Crippen MR) is 130 cm³/mol. The standard InChI is InChI=1S/C26H33N3O3S/c1-5-28(25(30)15-20(2)3)18-24-16-27-26(29(24)17-22-9-7-6-8-10-22)33(31,32)19-23-13-11-21(4)12-14-23/h6-14,16,20H,5,15,17-19H2,1-4H3. The molecule has 0 unspecified atom stereocenters. The molecule has 3 rings (SSSR count). The smallest absolute Gasteiger partial charge is 0.228 e. The first-order chi connectivity index (χ1) is 15.7. The molecule has 0 atom stereocenters. The van der Waals surface area contributed by atoms with Gasteiger partial charge in [0.1, 0.15) is 0 Å². The highest BCUT2D eigenvalue weighted by Gasteiger charge is 2.25. The zero-order chi connectivity index (χ0) is 24.0. The van der Waals surface area contributed by atoms with E-state index >= 15 is 0 Å². The lowest BCUT2D eigenvalue weighted by atomic mass is 10.1. The van der Waals surface area contributed by atoms with Crippen molar-refractivity contribution in [3.63, 3.8) is 0 Å². The van der Waals surface area contributed by atoms with Gasteiger partial charge in [0.25, 0.3) is 0 Å². The monoisotopic (exact) mass is 467 g/mol. The molecule has 6 nitrogen and oxygen atoms in total. The van der Waals surface area contributed by atoms with E-state index in [2.05, 4.69) is 4.98 Å². The van der Waals surface area contributed by atoms with Crippen LogP contribution in [-0.2, 0) is 33.5 Å². The van der Waals surface area contributed by atoms with Crippen LogP contribution in [0.1, 0.15) is 49.6 Å². The van der Waals surface area contributed by atoms with E-state index in [0.717, 1.165) is 16.7 Å². The number of hydrogen-bond donors (Lipinski definition) is 0. The molecule has 0 aliphatic rings. The molecular formula is C26H33N3O3S. The topological polar surface area (TPSA) is 72.3 Å². The van der Waals surface area contributed by atoms with Crippen molar-refractivity contribution in [1.82, 2.24) is 14.5 Å². The molecule has 0 radical (unpaired) electrons. The van der Waals surface area contributed by atoms with Crippen molar-refractivity contribution in [2.24, 2.45) is 5.92 Å². The highest BCUT2D eigenvalue weighted by molar-refractivity contribution is 7.90. The summed E-state index contributed by atoms with van der Waals surface area (Å²) in [6, 6.07) is 17.2. The lowest BCUT2D eigenvalue weighted by Crippen LogP contribution is -2.32. The second kappa shape index (κ2) is 10.8. The van der Waals surface area contributed by atoms with Crippen LogP contribution in [-0.4, -0.2) is 35.3 Å². The Morgan fingerprint density at radius 2 is 1.70 bits per heavy atom. The first-order valence-electron chi connectivity index (χ1n) is 11.3. The number of carbonyl (C=O) groups is 1. The van der Waals surface area contributed by atoms with Gasteiger partial charge in [0.15, 0.2) is 0 Å². The number of rotatable bonds is 10. The summed E-state index contributed by atoms with van der Waals surface area (Å²) >= 11 is 0. The number of nitrogens with zero attached hydrogens (tertiary/aromatic N) is 3. The second-order valence-corrected chi connectivity index (χ2v) is 10.7. The summed E-state index contributed by atoms with van der Waals surface area (Å²) in [5.74, 6) is 0.192. The fourth-order valence-corrected chi connectivity index (χ4v) is 5.21. The molecule has 33 heavy (non-hydrogen) atoms. The zero-order valence-electron chi connectivity index (χ0n) is 19.9. The van der Waals surface area contributed by atoms with Crippen LogP contribution in [0.4, 0.5) is 0 Å². The normalized spacial score (nSPS) is 11.7. The van der Waals surface area contributed by atoms with Crippen molar-refractivity contribution in [3.05, 3.63) is 83.2 Å². The SMILES string of the molecule is CCN(Cc1cnc(S(=O)(=O)Cc2ccc(C)cc2)n1Cc1ccccc1)C(=O)CC(C)C. The van der Waals surface area contributed by atoms with E-state index in [4.69, 9.17) is 0 Å². The highest BCUT2D eigenvalue weighted by Crippen LogP contribution is 2.21. The van der Waals surface area contributed by atoms with Gasteiger partial charge >= 0.3 is 0 Å². The molecule has 0 saturated carbocycles. The van der Waals surface area contributed by atoms with Crippen molar-refractivity contribution in [2.75, 3.05) is 6.54 Å². The summed E-state index contributed by atoms with van der Waals surface area (Å²) in [4.78, 5) is 18.8. The molecule has 0 N–H and O–H groups in total. The van der Waals surface area contributed by atoms with Gasteiger partial charge in [-0.25, -0.2) is 13.4 Å². The quantitative estimate of drug-likeness (QED) is 0.437. The molecule has 0 spiro atoms. The maximum absolute atomic E-state index is 13.4. The highest BCUT2D eigenvalue weighted by atomic mass is 32.2. The minimum absolute atomic E-state index is 0.0364. The van der Waals surface area contributed by atoms with Crippen LogP contribution in [0.15, 0.2) is 66.0 Å². The molecule has 2 aromatic carbocycles. The van der Waals surface area contributed by atoms with Crippen molar-refractivity contribution in [3.8, 4) is 0 Å². The summed E-state index contributed by atoms with van der Waals surface area (Å²) in [5, 5.41) is 0.0364. The van der Waals surface area contributed by atoms with Gasteiger partial charge < -0.3 is 9.47 Å². The van der Waals surface area contributed by atoms with Crippen LogP contribution in [0.2, 0.25) is 0 Å². The Kier molecular flexibility index (Phi) is 8.08. The zero-order valence-corrected chi connectivity index (χ0v) is 20.7. The van der Waals surface area contributed by atoms with E-state index in [9.17, 15) is 13.2 Å². The first kappa shape index (κ1) is 24.7. The number of imidazole rings is 1. The van der Waals surface area contributed by atoms with E-state index in [1.54, 1.807) is 15.7 Å². The number of hydrogen-bond acceptors (Lipinski definition) is 4. The van der Waals surface area contributed by atoms with Crippen molar-refractivity contribution < 1.29 is 13.2 Å². The fourth-order valence-electron chi connectivity index (χ4n) is 3.72. The van der Waals surface area contributed by atoms with Gasteiger partial charge in [0, 0.05) is 13.0 Å². The summed E-state index contributed by atoms with van der Waals surface area (Å²) in [5.41, 5.74) is 3.48. The minimum atomic E-state index is -3.69. The lowest BCUT2D eigenvalue weighted by molar-refractivity contribution is -0.132. The van der Waals surface area contributed by atoms with E-state index in [0.29, 0.717) is 31.7 Å². The molecule has 0 bridgehead atoms. The van der Waals surface area contributed by atoms with Gasteiger partial charge in [-0.05, 0) is 30.9 Å². The molecular weight excluding hydrogens is 434 g/mol. The molecule has 0 aliphatic carbocycles. The maximum Gasteiger partial charge on any atom is 0.228 e. The summed E-state index contributed by atoms with van der Waals surface area (Å²) in [6.45, 7) is 9.18. The van der Waals surface area contributed by atoms with Gasteiger partial charge in [-0.15, -0.1) is 0 Å². The van der Waals surface area contributed by atoms with Crippen LogP contribution in [0.5, 0.6) is 0 Å². The number of carbonyl (C=O) groups excluding carboxylic acids is 1. The minimum Gasteiger partial charge on any atom is -0.337 e. The molecule has 3 aromatic rings. The van der Waals surface area contributed by atoms with Crippen LogP contribution in [0, 0.1) is 12.8 Å². The molecule has 1 aromatic heterocycles. The largest absolute Gasteiger partial charge is 0.337 e. The first-order valence-corrected chi connectivity index (χ1v) is 13.0. The van der Waals surface area contributed by atoms with E-state index in [1.807, 2.05) is 82.3 Å². The van der Waals surface area contributed by atoms with Crippen LogP contribution < -0.4 is 0 Å². The second-order valence-electron chi connectivity index (χ2n) is 8.85. The molecule has 0 saturated heterocycles. The van der Waals surface area contributed by atoms with Gasteiger partial charge in [0.05, 0.1) is 30.7 Å². The van der Waals surface area contributed by atoms with Crippen molar-refractivity contribution in [1.29, 1.82) is 0 Å². The Bertz CT molecular complexity index is 1170. The Morgan fingerprint density at radius 3 is 2.30 bits per heavy atom. The molecule has 176 valence electrons. The van der Waals surface area contributed by atoms with E-state index in [1.165, 1.54) is 0 Å². The number of aryl methyl sites for hydroxylation is 1. The lowest BCUT2D eigenvalue weighted by Gasteiger charge is -2.23. The average molecular weight is 468 g/mol. The Hall–Kier alpha value is -2.93. The third-order valence-corrected chi connectivity index (χ3v) is 7.11. The predicted octanol–water partition coefficient (Wildman–Crippen LogP) is 4.61. The van der Waals surface area contributed by atoms with Crippen LogP contribution in [0.25, 0.3) is 0 Å². The Labute approximate surface area is 197 Å². The fraction of sp³-hybridized carbons (Fsp3) is 0.385. The van der Waals surface area contributed by atoms with Gasteiger partial charge in [-0.1, -0.05) is 74.0 Å². The van der Waals surface area contributed by atoms with Crippen LogP contribution in [0.3, 0.4) is 0 Å². The molecule has 0 fully saturated rings. The molecule has 7 heteroatoms. The number of aromatic nitrogens is 2. The third kappa shape index (κ3) is 6.54. The van der Waals surface area contributed by atoms with Gasteiger partial charge in [0.2, 0.25) is 20.9 Å². The number of amides is 1. The van der Waals surface area contributed by atoms with Gasteiger partial charge in [-0.2, -0.15) is 0 Å². The summed E-state index contributed by atoms with van der Waals surface area (Å²) in [7, 11) is -3.69. The summed E-state index contributed by atoms with van der Waals surface area (Å²) in [6.07, 6.45) is 2.05. The van der Waals surface area contributed by atoms with Crippen molar-refractivity contribution >= 4 is 15.7 Å². The average Bonchev–Trinajstić information content (AvgIpc) is 3.16. The number of benzene rings is 2. The summed E-state index contributed by atoms with van der Waals surface area (Å²) < 4.78 is 28.5. The molecule has 1 amide bonds. The number of sulfone groups is 1. The van der Waals surface area contributed by atoms with Gasteiger partial charge in [-0.3, -0.25) is 4.79 Å². The Balaban J connectivity index is 1.97. The van der Waals surface area contributed by atoms with Crippen molar-refractivity contribution in [2.45, 2.75) is 58.1 Å². The molecule has 0 aliphatic heterocycles. The maximum atomic E-state index is 13.4.